The molecule has 0 saturated carbocycles. The van der Waals surface area contributed by atoms with E-state index in [-0.39, 0.29) is 5.91 Å². The van der Waals surface area contributed by atoms with Crippen molar-refractivity contribution in [3.05, 3.63) is 17.7 Å². The number of methoxy groups -OCH3 is 2. The summed E-state index contributed by atoms with van der Waals surface area (Å²) in [6, 6.07) is 3.68. The molecule has 0 radical (unpaired) electrons. The molecule has 0 bridgehead atoms. The van der Waals surface area contributed by atoms with Crippen LogP contribution in [0.1, 0.15) is 18.4 Å². The Labute approximate surface area is 114 Å². The zero-order valence-corrected chi connectivity index (χ0v) is 12.0. The molecule has 5 nitrogen and oxygen atoms in total. The number of nitrogens with zero attached hydrogens (tertiary/aromatic N) is 1. The van der Waals surface area contributed by atoms with Crippen molar-refractivity contribution in [1.29, 1.82) is 0 Å². The first-order valence-electron chi connectivity index (χ1n) is 6.24. The van der Waals surface area contributed by atoms with Gasteiger partial charge in [-0.3, -0.25) is 4.79 Å². The second kappa shape index (κ2) is 6.99. The van der Waals surface area contributed by atoms with Crippen LogP contribution in [0.4, 0.5) is 5.69 Å². The van der Waals surface area contributed by atoms with Crippen LogP contribution in [0.5, 0.6) is 11.5 Å². The van der Waals surface area contributed by atoms with E-state index in [4.69, 9.17) is 15.2 Å². The third-order valence-electron chi connectivity index (χ3n) is 3.03. The summed E-state index contributed by atoms with van der Waals surface area (Å²) in [5, 5.41) is 0. The highest BCUT2D eigenvalue weighted by Gasteiger charge is 2.16. The fourth-order valence-corrected chi connectivity index (χ4v) is 1.89. The van der Waals surface area contributed by atoms with E-state index in [0.717, 1.165) is 11.3 Å². The van der Waals surface area contributed by atoms with Crippen molar-refractivity contribution in [2.24, 2.45) is 5.73 Å². The van der Waals surface area contributed by atoms with Gasteiger partial charge in [0, 0.05) is 19.5 Å². The summed E-state index contributed by atoms with van der Waals surface area (Å²) < 4.78 is 10.5. The van der Waals surface area contributed by atoms with Crippen LogP contribution < -0.4 is 20.1 Å². The highest BCUT2D eigenvalue weighted by Crippen LogP contribution is 2.34. The predicted molar refractivity (Wildman–Crippen MR) is 76.0 cm³/mol. The van der Waals surface area contributed by atoms with Crippen LogP contribution in [0.25, 0.3) is 0 Å². The quantitative estimate of drug-likeness (QED) is 0.851. The van der Waals surface area contributed by atoms with Crippen LogP contribution >= 0.6 is 0 Å². The molecule has 106 valence electrons. The maximum atomic E-state index is 12.0. The lowest BCUT2D eigenvalue weighted by atomic mass is 10.1. The molecule has 0 fully saturated rings. The number of nitrogens with two attached hydrogens (primary N) is 1. The van der Waals surface area contributed by atoms with E-state index in [1.54, 1.807) is 26.2 Å². The van der Waals surface area contributed by atoms with Gasteiger partial charge in [-0.2, -0.15) is 0 Å². The minimum atomic E-state index is 0.0424. The number of carbonyl (C=O) groups excluding carboxylic acids is 1. The van der Waals surface area contributed by atoms with Crippen LogP contribution in [0.3, 0.4) is 0 Å². The van der Waals surface area contributed by atoms with Gasteiger partial charge in [0.15, 0.2) is 11.5 Å². The molecule has 1 aromatic rings. The van der Waals surface area contributed by atoms with E-state index >= 15 is 0 Å². The summed E-state index contributed by atoms with van der Waals surface area (Å²) in [6.45, 7) is 2.45. The van der Waals surface area contributed by atoms with Gasteiger partial charge in [-0.1, -0.05) is 0 Å². The lowest BCUT2D eigenvalue weighted by Gasteiger charge is -2.21. The topological polar surface area (TPSA) is 64.8 Å². The molecule has 0 aliphatic heterocycles. The molecule has 0 saturated heterocycles. The predicted octanol–water partition coefficient (Wildman–Crippen LogP) is 1.71. The summed E-state index contributed by atoms with van der Waals surface area (Å²) in [5.74, 6) is 1.31. The van der Waals surface area contributed by atoms with Crippen LogP contribution in [-0.4, -0.2) is 33.7 Å². The van der Waals surface area contributed by atoms with Crippen molar-refractivity contribution in [3.63, 3.8) is 0 Å². The average Bonchev–Trinajstić information content (AvgIpc) is 2.43. The minimum Gasteiger partial charge on any atom is -0.493 e. The van der Waals surface area contributed by atoms with Crippen LogP contribution in [0, 0.1) is 6.92 Å². The number of benzene rings is 1. The Morgan fingerprint density at radius 3 is 2.37 bits per heavy atom. The minimum absolute atomic E-state index is 0.0424. The normalized spacial score (nSPS) is 10.2. The monoisotopic (exact) mass is 266 g/mol. The zero-order chi connectivity index (χ0) is 14.4. The van der Waals surface area contributed by atoms with Gasteiger partial charge in [-0.25, -0.2) is 0 Å². The first-order valence-corrected chi connectivity index (χ1v) is 6.24. The second-order valence-electron chi connectivity index (χ2n) is 4.34. The Hall–Kier alpha value is -1.75. The zero-order valence-electron chi connectivity index (χ0n) is 12.0. The highest BCUT2D eigenvalue weighted by molar-refractivity contribution is 5.94. The molecule has 1 amide bonds. The standard InChI is InChI=1S/C14H22N2O3/c1-10-8-12(18-3)13(19-4)9-11(10)16(2)14(17)6-5-7-15/h8-9H,5-7,15H2,1-4H3. The van der Waals surface area contributed by atoms with E-state index in [1.807, 2.05) is 19.1 Å². The van der Waals surface area contributed by atoms with E-state index < -0.39 is 0 Å². The number of aryl methyl sites for hydroxylation is 1. The van der Waals surface area contributed by atoms with Gasteiger partial charge in [0.25, 0.3) is 0 Å². The molecule has 2 N–H and O–H groups in total. The van der Waals surface area contributed by atoms with Crippen molar-refractivity contribution in [1.82, 2.24) is 0 Å². The van der Waals surface area contributed by atoms with Gasteiger partial charge in [0.05, 0.1) is 19.9 Å². The van der Waals surface area contributed by atoms with Crippen molar-refractivity contribution < 1.29 is 14.3 Å². The number of hydrogen-bond donors (Lipinski definition) is 1. The maximum absolute atomic E-state index is 12.0. The van der Waals surface area contributed by atoms with E-state index in [2.05, 4.69) is 0 Å². The van der Waals surface area contributed by atoms with Crippen molar-refractivity contribution in [2.75, 3.05) is 32.7 Å². The third kappa shape index (κ3) is 3.61. The Morgan fingerprint density at radius 1 is 1.26 bits per heavy atom. The number of carbonyl (C=O) groups is 1. The Kier molecular flexibility index (Phi) is 5.63. The SMILES string of the molecule is COc1cc(C)c(N(C)C(=O)CCCN)cc1OC. The second-order valence-corrected chi connectivity index (χ2v) is 4.34. The molecule has 0 atom stereocenters. The number of rotatable bonds is 6. The number of ether oxygens (including phenoxy) is 2. The maximum Gasteiger partial charge on any atom is 0.226 e. The van der Waals surface area contributed by atoms with Gasteiger partial charge < -0.3 is 20.1 Å². The fraction of sp³-hybridized carbons (Fsp3) is 0.500. The van der Waals surface area contributed by atoms with Crippen molar-refractivity contribution >= 4 is 11.6 Å². The first-order chi connectivity index (χ1) is 9.04. The van der Waals surface area contributed by atoms with Crippen LogP contribution in [0.2, 0.25) is 0 Å². The van der Waals surface area contributed by atoms with Crippen LogP contribution in [0.15, 0.2) is 12.1 Å². The molecule has 0 heterocycles. The first kappa shape index (κ1) is 15.3. The molecule has 1 aromatic carbocycles. The Morgan fingerprint density at radius 2 is 1.84 bits per heavy atom. The summed E-state index contributed by atoms with van der Waals surface area (Å²) in [6.07, 6.45) is 1.14. The van der Waals surface area contributed by atoms with E-state index in [1.165, 1.54) is 0 Å². The van der Waals surface area contributed by atoms with E-state index in [9.17, 15) is 4.79 Å². The van der Waals surface area contributed by atoms with Crippen molar-refractivity contribution in [2.45, 2.75) is 19.8 Å². The molecule has 0 aromatic heterocycles. The number of amides is 1. The largest absolute Gasteiger partial charge is 0.493 e. The Balaban J connectivity index is 3.02. The molecule has 0 aliphatic rings. The van der Waals surface area contributed by atoms with Gasteiger partial charge >= 0.3 is 0 Å². The molecule has 5 heteroatoms. The summed E-state index contributed by atoms with van der Waals surface area (Å²) in [7, 11) is 4.92. The molecule has 1 rings (SSSR count). The third-order valence-corrected chi connectivity index (χ3v) is 3.03. The van der Waals surface area contributed by atoms with Gasteiger partial charge in [0.2, 0.25) is 5.91 Å². The fourth-order valence-electron chi connectivity index (χ4n) is 1.89. The summed E-state index contributed by atoms with van der Waals surface area (Å²) in [5.41, 5.74) is 7.20. The smallest absolute Gasteiger partial charge is 0.226 e. The lowest BCUT2D eigenvalue weighted by Crippen LogP contribution is -2.27. The van der Waals surface area contributed by atoms with Gasteiger partial charge in [0.1, 0.15) is 0 Å². The summed E-state index contributed by atoms with van der Waals surface area (Å²) in [4.78, 5) is 13.6. The van der Waals surface area contributed by atoms with Gasteiger partial charge in [-0.05, 0) is 31.5 Å². The van der Waals surface area contributed by atoms with Crippen LogP contribution in [-0.2, 0) is 4.79 Å². The molecular weight excluding hydrogens is 244 g/mol. The van der Waals surface area contributed by atoms with Gasteiger partial charge in [-0.15, -0.1) is 0 Å². The molecule has 19 heavy (non-hydrogen) atoms. The van der Waals surface area contributed by atoms with Crippen molar-refractivity contribution in [3.8, 4) is 11.5 Å². The Bertz CT molecular complexity index is 447. The molecule has 0 aliphatic carbocycles. The lowest BCUT2D eigenvalue weighted by molar-refractivity contribution is -0.118. The molecular formula is C14H22N2O3. The average molecular weight is 266 g/mol. The summed E-state index contributed by atoms with van der Waals surface area (Å²) >= 11 is 0. The number of hydrogen-bond acceptors (Lipinski definition) is 4. The molecule has 0 spiro atoms. The highest BCUT2D eigenvalue weighted by atomic mass is 16.5. The molecule has 0 unspecified atom stereocenters. The van der Waals surface area contributed by atoms with E-state index in [0.29, 0.717) is 30.9 Å². The number of anilines is 1.